The Morgan fingerprint density at radius 2 is 1.91 bits per heavy atom. The second kappa shape index (κ2) is 5.94. The maximum Gasteiger partial charge on any atom is 0.257 e. The number of nitrogens with zero attached hydrogens (tertiary/aromatic N) is 4. The molecule has 0 radical (unpaired) electrons. The molecule has 23 heavy (non-hydrogen) atoms. The van der Waals surface area contributed by atoms with Gasteiger partial charge in [-0.2, -0.15) is 5.10 Å². The molecular weight excluding hydrogens is 316 g/mol. The van der Waals surface area contributed by atoms with E-state index in [4.69, 9.17) is 0 Å². The van der Waals surface area contributed by atoms with Gasteiger partial charge in [-0.3, -0.25) is 5.43 Å². The van der Waals surface area contributed by atoms with Gasteiger partial charge >= 0.3 is 0 Å². The van der Waals surface area contributed by atoms with Crippen molar-refractivity contribution in [3.8, 4) is 0 Å². The van der Waals surface area contributed by atoms with Crippen LogP contribution in [0.15, 0.2) is 41.7 Å². The summed E-state index contributed by atoms with van der Waals surface area (Å²) in [5.41, 5.74) is 4.26. The highest BCUT2D eigenvalue weighted by Crippen LogP contribution is 2.18. The van der Waals surface area contributed by atoms with Crippen molar-refractivity contribution in [2.75, 3.05) is 5.43 Å². The molecule has 0 saturated heterocycles. The van der Waals surface area contributed by atoms with Crippen molar-refractivity contribution >= 4 is 26.9 Å². The Morgan fingerprint density at radius 3 is 2.61 bits per heavy atom. The third kappa shape index (κ3) is 3.01. The zero-order valence-corrected chi connectivity index (χ0v) is 13.5. The summed E-state index contributed by atoms with van der Waals surface area (Å²) in [5.74, 6) is 0.352. The number of hydrazine groups is 1. The van der Waals surface area contributed by atoms with Crippen LogP contribution in [0.2, 0.25) is 0 Å². The SMILES string of the molecule is CCn1ncc2c(NNS(=O)(=O)c3ccc(C)cc3)ncnc21. The van der Waals surface area contributed by atoms with Crippen molar-refractivity contribution in [2.24, 2.45) is 0 Å². The first kappa shape index (κ1) is 15.4. The van der Waals surface area contributed by atoms with Crippen molar-refractivity contribution in [1.29, 1.82) is 0 Å². The summed E-state index contributed by atoms with van der Waals surface area (Å²) < 4.78 is 26.3. The molecule has 0 bridgehead atoms. The number of aryl methyl sites for hydroxylation is 2. The Kier molecular flexibility index (Phi) is 3.97. The van der Waals surface area contributed by atoms with Crippen LogP contribution in [0.5, 0.6) is 0 Å². The number of nitrogens with one attached hydrogen (secondary N) is 2. The van der Waals surface area contributed by atoms with Crippen LogP contribution >= 0.6 is 0 Å². The number of sulfonamides is 1. The first-order valence-electron chi connectivity index (χ1n) is 7.02. The molecule has 0 unspecified atom stereocenters. The molecule has 8 nitrogen and oxygen atoms in total. The van der Waals surface area contributed by atoms with Crippen LogP contribution in [0.3, 0.4) is 0 Å². The van der Waals surface area contributed by atoms with Crippen molar-refractivity contribution in [2.45, 2.75) is 25.3 Å². The summed E-state index contributed by atoms with van der Waals surface area (Å²) >= 11 is 0. The summed E-state index contributed by atoms with van der Waals surface area (Å²) in [6, 6.07) is 6.57. The quantitative estimate of drug-likeness (QED) is 0.686. The Bertz CT molecular complexity index is 934. The highest BCUT2D eigenvalue weighted by molar-refractivity contribution is 7.89. The Hall–Kier alpha value is -2.52. The van der Waals surface area contributed by atoms with Gasteiger partial charge in [0.15, 0.2) is 11.5 Å². The number of aromatic nitrogens is 4. The fourth-order valence-electron chi connectivity index (χ4n) is 2.12. The maximum atomic E-state index is 12.3. The van der Waals surface area contributed by atoms with Crippen molar-refractivity contribution < 1.29 is 8.42 Å². The summed E-state index contributed by atoms with van der Waals surface area (Å²) in [6.07, 6.45) is 2.96. The van der Waals surface area contributed by atoms with Gasteiger partial charge in [0.25, 0.3) is 10.0 Å². The highest BCUT2D eigenvalue weighted by Gasteiger charge is 2.15. The molecule has 9 heteroatoms. The lowest BCUT2D eigenvalue weighted by Crippen LogP contribution is -2.30. The number of benzene rings is 1. The van der Waals surface area contributed by atoms with Crippen LogP contribution in [0.1, 0.15) is 12.5 Å². The number of anilines is 1. The van der Waals surface area contributed by atoms with Gasteiger partial charge in [0.05, 0.1) is 16.5 Å². The average Bonchev–Trinajstić information content (AvgIpc) is 2.97. The fraction of sp³-hybridized carbons (Fsp3) is 0.214. The Morgan fingerprint density at radius 1 is 1.17 bits per heavy atom. The van der Waals surface area contributed by atoms with Crippen LogP contribution in [0.25, 0.3) is 11.0 Å². The molecule has 0 saturated carbocycles. The standard InChI is InChI=1S/C14H16N6O2S/c1-3-20-14-12(8-17-20)13(15-9-16-14)18-19-23(21,22)11-6-4-10(2)5-7-11/h4-9,19H,3H2,1-2H3,(H,15,16,18). The van der Waals surface area contributed by atoms with E-state index in [0.29, 0.717) is 23.4 Å². The molecule has 0 aliphatic heterocycles. The van der Waals surface area contributed by atoms with Crippen LogP contribution < -0.4 is 10.3 Å². The molecular formula is C14H16N6O2S. The first-order chi connectivity index (χ1) is 11.0. The van der Waals surface area contributed by atoms with E-state index in [9.17, 15) is 8.42 Å². The molecule has 0 amide bonds. The van der Waals surface area contributed by atoms with Crippen molar-refractivity contribution in [3.63, 3.8) is 0 Å². The van der Waals surface area contributed by atoms with Gasteiger partial charge in [-0.05, 0) is 26.0 Å². The second-order valence-electron chi connectivity index (χ2n) is 4.96. The summed E-state index contributed by atoms with van der Waals surface area (Å²) in [7, 11) is -3.69. The molecule has 0 aliphatic rings. The Balaban J connectivity index is 1.85. The van der Waals surface area contributed by atoms with E-state index in [0.717, 1.165) is 5.56 Å². The molecule has 0 atom stereocenters. The monoisotopic (exact) mass is 332 g/mol. The lowest BCUT2D eigenvalue weighted by molar-refractivity contribution is 0.587. The number of hydrogen-bond donors (Lipinski definition) is 2. The van der Waals surface area contributed by atoms with E-state index in [1.54, 1.807) is 35.1 Å². The summed E-state index contributed by atoms with van der Waals surface area (Å²) in [4.78, 5) is 10.7. The van der Waals surface area contributed by atoms with Crippen molar-refractivity contribution in [1.82, 2.24) is 24.6 Å². The fourth-order valence-corrected chi connectivity index (χ4v) is 2.96. The highest BCUT2D eigenvalue weighted by atomic mass is 32.2. The number of hydrogen-bond acceptors (Lipinski definition) is 6. The molecule has 120 valence electrons. The third-order valence-electron chi connectivity index (χ3n) is 3.37. The molecule has 3 aromatic rings. The number of rotatable bonds is 5. The topological polar surface area (TPSA) is 102 Å². The normalized spacial score (nSPS) is 11.7. The van der Waals surface area contributed by atoms with Gasteiger partial charge in [0.1, 0.15) is 6.33 Å². The molecule has 0 aliphatic carbocycles. The lowest BCUT2D eigenvalue weighted by atomic mass is 10.2. The minimum absolute atomic E-state index is 0.171. The van der Waals surface area contributed by atoms with Gasteiger partial charge in [-0.25, -0.2) is 23.1 Å². The molecule has 1 aromatic carbocycles. The maximum absolute atomic E-state index is 12.3. The Labute approximate surface area is 133 Å². The predicted octanol–water partition coefficient (Wildman–Crippen LogP) is 1.46. The number of fused-ring (bicyclic) bond motifs is 1. The zero-order valence-electron chi connectivity index (χ0n) is 12.7. The van der Waals surface area contributed by atoms with Crippen molar-refractivity contribution in [3.05, 3.63) is 42.4 Å². The van der Waals surface area contributed by atoms with Gasteiger partial charge in [0.2, 0.25) is 0 Å². The summed E-state index contributed by atoms with van der Waals surface area (Å²) in [6.45, 7) is 4.50. The molecule has 2 heterocycles. The van der Waals surface area contributed by atoms with Crippen LogP contribution in [-0.4, -0.2) is 28.2 Å². The van der Waals surface area contributed by atoms with E-state index >= 15 is 0 Å². The molecule has 0 fully saturated rings. The molecule has 2 N–H and O–H groups in total. The van der Waals surface area contributed by atoms with E-state index < -0.39 is 10.0 Å². The van der Waals surface area contributed by atoms with Gasteiger partial charge in [-0.15, -0.1) is 4.83 Å². The van der Waals surface area contributed by atoms with Crippen LogP contribution in [0, 0.1) is 6.92 Å². The summed E-state index contributed by atoms with van der Waals surface area (Å²) in [5, 5.41) is 4.82. The largest absolute Gasteiger partial charge is 0.291 e. The molecule has 0 spiro atoms. The van der Waals surface area contributed by atoms with Gasteiger partial charge < -0.3 is 0 Å². The third-order valence-corrected chi connectivity index (χ3v) is 4.63. The minimum Gasteiger partial charge on any atom is -0.291 e. The van der Waals surface area contributed by atoms with E-state index in [2.05, 4.69) is 25.3 Å². The van der Waals surface area contributed by atoms with Gasteiger partial charge in [-0.1, -0.05) is 17.7 Å². The van der Waals surface area contributed by atoms with Crippen LogP contribution in [-0.2, 0) is 16.6 Å². The van der Waals surface area contributed by atoms with E-state index in [1.165, 1.54) is 6.33 Å². The lowest BCUT2D eigenvalue weighted by Gasteiger charge is -2.09. The predicted molar refractivity (Wildman–Crippen MR) is 86.1 cm³/mol. The molecule has 3 rings (SSSR count). The smallest absolute Gasteiger partial charge is 0.257 e. The zero-order chi connectivity index (χ0) is 16.4. The first-order valence-corrected chi connectivity index (χ1v) is 8.50. The minimum atomic E-state index is -3.69. The van der Waals surface area contributed by atoms with Crippen LogP contribution in [0.4, 0.5) is 5.82 Å². The molecule has 2 aromatic heterocycles. The van der Waals surface area contributed by atoms with E-state index in [1.807, 2.05) is 13.8 Å². The second-order valence-corrected chi connectivity index (χ2v) is 6.65. The van der Waals surface area contributed by atoms with Gasteiger partial charge in [0, 0.05) is 6.54 Å². The average molecular weight is 332 g/mol. The van der Waals surface area contributed by atoms with E-state index in [-0.39, 0.29) is 4.90 Å².